The average Bonchev–Trinajstić information content (AvgIpc) is 3.13. The van der Waals surface area contributed by atoms with Gasteiger partial charge in [0.1, 0.15) is 16.3 Å². The summed E-state index contributed by atoms with van der Waals surface area (Å²) in [7, 11) is 0. The molecule has 0 fully saturated rings. The first-order valence-corrected chi connectivity index (χ1v) is 9.18. The molecule has 3 aromatic rings. The molecule has 0 aliphatic carbocycles. The van der Waals surface area contributed by atoms with E-state index in [1.807, 2.05) is 31.4 Å². The molecule has 7 heteroatoms. The molecule has 1 aromatic heterocycles. The fraction of sp³-hybridized carbons (Fsp3) is 0.0952. The molecule has 2 aromatic carbocycles. The summed E-state index contributed by atoms with van der Waals surface area (Å²) in [6, 6.07) is 10.1. The molecule has 0 spiro atoms. The van der Waals surface area contributed by atoms with Gasteiger partial charge in [0.15, 0.2) is 0 Å². The predicted molar refractivity (Wildman–Crippen MR) is 112 cm³/mol. The predicted octanol–water partition coefficient (Wildman–Crippen LogP) is 4.86. The van der Waals surface area contributed by atoms with Crippen LogP contribution in [0, 0.1) is 13.8 Å². The summed E-state index contributed by atoms with van der Waals surface area (Å²) in [6.07, 6.45) is 1.35. The Bertz CT molecular complexity index is 1140. The molecular formula is C21H16N3O3S-. The molecule has 0 unspecified atom stereocenters. The number of carboxylic acids is 1. The molecule has 140 valence electrons. The maximum atomic E-state index is 11.1. The Morgan fingerprint density at radius 3 is 2.71 bits per heavy atom. The maximum Gasteiger partial charge on any atom is 0.339 e. The molecule has 0 aliphatic heterocycles. The van der Waals surface area contributed by atoms with Crippen molar-refractivity contribution in [2.45, 2.75) is 13.8 Å². The number of phenols is 1. The van der Waals surface area contributed by atoms with Crippen LogP contribution in [0.1, 0.15) is 26.5 Å². The normalized spacial score (nSPS) is 10.8. The minimum atomic E-state index is -1.25. The molecule has 1 heterocycles. The monoisotopic (exact) mass is 390 g/mol. The molecule has 2 N–H and O–H groups in total. The van der Waals surface area contributed by atoms with E-state index in [2.05, 4.69) is 21.9 Å². The first kappa shape index (κ1) is 19.2. The first-order chi connectivity index (χ1) is 13.4. The Balaban J connectivity index is 1.88. The van der Waals surface area contributed by atoms with Gasteiger partial charge in [-0.25, -0.2) is 9.78 Å². The number of benzene rings is 2. The standard InChI is InChI=1S/C21H16N3O3S/c1-12-3-5-16(13(2)7-12)18-11-28-20(24-18)14(9-22)10-23-15-4-6-19(25)17(8-15)21(26)27/h3-8,10-11,25H,1-2H3,(H,26,27)/q-1. The third-order valence-electron chi connectivity index (χ3n) is 4.07. The van der Waals surface area contributed by atoms with Crippen LogP contribution in [0.15, 0.2) is 46.8 Å². The summed E-state index contributed by atoms with van der Waals surface area (Å²) in [5.41, 5.74) is 4.40. The molecule has 3 rings (SSSR count). The van der Waals surface area contributed by atoms with E-state index in [1.165, 1.54) is 41.3 Å². The van der Waals surface area contributed by atoms with E-state index in [-0.39, 0.29) is 16.9 Å². The van der Waals surface area contributed by atoms with Crippen molar-refractivity contribution in [2.24, 2.45) is 4.99 Å². The Labute approximate surface area is 165 Å². The zero-order valence-electron chi connectivity index (χ0n) is 15.2. The molecule has 0 atom stereocenters. The second-order valence-corrected chi connectivity index (χ2v) is 7.00. The third kappa shape index (κ3) is 4.06. The van der Waals surface area contributed by atoms with Crippen LogP contribution in [0.3, 0.4) is 0 Å². The average molecular weight is 390 g/mol. The summed E-state index contributed by atoms with van der Waals surface area (Å²) in [4.78, 5) is 19.8. The second-order valence-electron chi connectivity index (χ2n) is 6.15. The van der Waals surface area contributed by atoms with Gasteiger partial charge in [-0.05, 0) is 37.6 Å². The van der Waals surface area contributed by atoms with Gasteiger partial charge in [0, 0.05) is 22.7 Å². The topological polar surface area (TPSA) is 105 Å². The zero-order valence-corrected chi connectivity index (χ0v) is 16.0. The number of carboxylic acid groups (broad SMARTS) is 1. The molecule has 0 aliphatic rings. The van der Waals surface area contributed by atoms with E-state index in [0.717, 1.165) is 16.8 Å². The lowest BCUT2D eigenvalue weighted by Crippen LogP contribution is -1.96. The van der Waals surface area contributed by atoms with Crippen molar-refractivity contribution in [3.05, 3.63) is 68.9 Å². The summed E-state index contributed by atoms with van der Waals surface area (Å²) >= 11 is 1.34. The summed E-state index contributed by atoms with van der Waals surface area (Å²) in [6.45, 7) is 4.04. The van der Waals surface area contributed by atoms with E-state index in [9.17, 15) is 15.3 Å². The third-order valence-corrected chi connectivity index (χ3v) is 4.94. The van der Waals surface area contributed by atoms with Crippen LogP contribution in [0.4, 0.5) is 5.69 Å². The van der Waals surface area contributed by atoms with Crippen LogP contribution in [0.25, 0.3) is 22.2 Å². The smallest absolute Gasteiger partial charge is 0.339 e. The Kier molecular flexibility index (Phi) is 5.49. The van der Waals surface area contributed by atoms with Crippen molar-refractivity contribution in [1.29, 1.82) is 0 Å². The van der Waals surface area contributed by atoms with Gasteiger partial charge in [0.25, 0.3) is 0 Å². The van der Waals surface area contributed by atoms with Crippen molar-refractivity contribution in [3.8, 4) is 17.0 Å². The van der Waals surface area contributed by atoms with Crippen molar-refractivity contribution in [1.82, 2.24) is 4.98 Å². The molecule has 0 saturated carbocycles. The lowest BCUT2D eigenvalue weighted by Gasteiger charge is -2.03. The zero-order chi connectivity index (χ0) is 20.3. The summed E-state index contributed by atoms with van der Waals surface area (Å²) < 4.78 is 0. The molecule has 0 amide bonds. The number of thiazole rings is 1. The van der Waals surface area contributed by atoms with Gasteiger partial charge in [-0.2, -0.15) is 0 Å². The van der Waals surface area contributed by atoms with Crippen LogP contribution in [-0.4, -0.2) is 33.3 Å². The first-order valence-electron chi connectivity index (χ1n) is 8.30. The van der Waals surface area contributed by atoms with E-state index in [1.54, 1.807) is 0 Å². The van der Waals surface area contributed by atoms with Crippen LogP contribution in [0.5, 0.6) is 5.75 Å². The number of hydrogen-bond donors (Lipinski definition) is 2. The number of hydrogen-bond acceptors (Lipinski definition) is 5. The highest BCUT2D eigenvalue weighted by atomic mass is 32.1. The highest BCUT2D eigenvalue weighted by Crippen LogP contribution is 2.28. The van der Waals surface area contributed by atoms with Crippen LogP contribution < -0.4 is 0 Å². The molecule has 0 radical (unpaired) electrons. The van der Waals surface area contributed by atoms with E-state index in [4.69, 9.17) is 5.11 Å². The van der Waals surface area contributed by atoms with Crippen molar-refractivity contribution in [3.63, 3.8) is 0 Å². The van der Waals surface area contributed by atoms with Gasteiger partial charge in [-0.3, -0.25) is 10.9 Å². The number of aliphatic imine (C=N–C) groups is 1. The van der Waals surface area contributed by atoms with Crippen molar-refractivity contribution < 1.29 is 15.0 Å². The number of carbonyl (C=O) groups is 1. The number of aryl methyl sites for hydroxylation is 2. The van der Waals surface area contributed by atoms with Gasteiger partial charge in [-0.15, -0.1) is 11.3 Å². The Morgan fingerprint density at radius 2 is 2.04 bits per heavy atom. The highest BCUT2D eigenvalue weighted by molar-refractivity contribution is 7.11. The fourth-order valence-corrected chi connectivity index (χ4v) is 3.45. The lowest BCUT2D eigenvalue weighted by atomic mass is 10.0. The number of nitrogens with zero attached hydrogens (tertiary/aromatic N) is 3. The molecule has 6 nitrogen and oxygen atoms in total. The van der Waals surface area contributed by atoms with Crippen LogP contribution in [0.2, 0.25) is 0 Å². The van der Waals surface area contributed by atoms with Crippen molar-refractivity contribution in [2.75, 3.05) is 0 Å². The second kappa shape index (κ2) is 8.00. The van der Waals surface area contributed by atoms with Gasteiger partial charge in [-0.1, -0.05) is 23.8 Å². The van der Waals surface area contributed by atoms with Gasteiger partial charge < -0.3 is 15.6 Å². The summed E-state index contributed by atoms with van der Waals surface area (Å²) in [5, 5.41) is 30.5. The molecular weight excluding hydrogens is 374 g/mol. The van der Waals surface area contributed by atoms with Crippen molar-refractivity contribution >= 4 is 40.7 Å². The van der Waals surface area contributed by atoms with E-state index in [0.29, 0.717) is 10.7 Å². The number of aromatic hydroxyl groups is 1. The van der Waals surface area contributed by atoms with Gasteiger partial charge >= 0.3 is 5.97 Å². The largest absolute Gasteiger partial charge is 0.763 e. The maximum absolute atomic E-state index is 11.1. The number of allylic oxidation sites excluding steroid dienone is 1. The lowest BCUT2D eigenvalue weighted by molar-refractivity contribution is 0.0694. The van der Waals surface area contributed by atoms with E-state index < -0.39 is 5.97 Å². The molecule has 0 bridgehead atoms. The SMILES string of the molecule is Cc1ccc(-c2csc(C(=C=[N-])C=Nc3ccc(O)c(C(=O)O)c3)n2)c(C)c1. The molecule has 0 saturated heterocycles. The number of rotatable bonds is 5. The van der Waals surface area contributed by atoms with Gasteiger partial charge in [0.2, 0.25) is 0 Å². The minimum absolute atomic E-state index is 0.250. The van der Waals surface area contributed by atoms with Crippen LogP contribution in [-0.2, 0) is 0 Å². The Hall–Kier alpha value is -3.54. The van der Waals surface area contributed by atoms with Crippen LogP contribution >= 0.6 is 11.3 Å². The number of aromatic carboxylic acids is 1. The van der Waals surface area contributed by atoms with Gasteiger partial charge in [0.05, 0.1) is 11.4 Å². The van der Waals surface area contributed by atoms with E-state index >= 15 is 0 Å². The summed E-state index contributed by atoms with van der Waals surface area (Å²) in [5.74, 6) is 0.484. The molecule has 28 heavy (non-hydrogen) atoms. The number of aromatic nitrogens is 1. The fourth-order valence-electron chi connectivity index (χ4n) is 2.67. The quantitative estimate of drug-likeness (QED) is 0.607. The Morgan fingerprint density at radius 1 is 1.25 bits per heavy atom. The minimum Gasteiger partial charge on any atom is -0.763 e. The highest BCUT2D eigenvalue weighted by Gasteiger charge is 2.11.